The fourth-order valence-electron chi connectivity index (χ4n) is 2.52. The number of hydrogen-bond acceptors (Lipinski definition) is 3. The molecule has 3 rings (SSSR count). The van der Waals surface area contributed by atoms with E-state index in [1.807, 2.05) is 30.3 Å². The highest BCUT2D eigenvalue weighted by Gasteiger charge is 2.15. The van der Waals surface area contributed by atoms with Crippen LogP contribution in [0.4, 0.5) is 5.69 Å². The summed E-state index contributed by atoms with van der Waals surface area (Å²) in [5.41, 5.74) is 1.86. The Morgan fingerprint density at radius 3 is 2.72 bits per heavy atom. The Bertz CT molecular complexity index is 607. The van der Waals surface area contributed by atoms with Gasteiger partial charge in [0.15, 0.2) is 0 Å². The molecule has 0 aromatic heterocycles. The summed E-state index contributed by atoms with van der Waals surface area (Å²) in [4.78, 5) is 0. The van der Waals surface area contributed by atoms with E-state index in [1.54, 1.807) is 0 Å². The Balaban J connectivity index is 2.04. The molecule has 1 unspecified atom stereocenters. The lowest BCUT2D eigenvalue weighted by Crippen LogP contribution is -2.22. The molecule has 0 radical (unpaired) electrons. The van der Waals surface area contributed by atoms with E-state index in [1.165, 1.54) is 0 Å². The summed E-state index contributed by atoms with van der Waals surface area (Å²) in [7, 11) is 0. The Kier molecular flexibility index (Phi) is 2.87. The maximum Gasteiger partial charge on any atom is 0.0998 e. The normalized spacial score (nSPS) is 18.7. The van der Waals surface area contributed by atoms with Gasteiger partial charge in [-0.3, -0.25) is 0 Å². The van der Waals surface area contributed by atoms with Crippen molar-refractivity contribution in [2.75, 3.05) is 18.4 Å². The SMILES string of the molecule is N#Cc1ccc(NC2CCNC2)c2ccccc12. The molecule has 1 saturated heterocycles. The van der Waals surface area contributed by atoms with Gasteiger partial charge in [-0.2, -0.15) is 5.26 Å². The highest BCUT2D eigenvalue weighted by Crippen LogP contribution is 2.27. The fourth-order valence-corrected chi connectivity index (χ4v) is 2.52. The summed E-state index contributed by atoms with van der Waals surface area (Å²) >= 11 is 0. The van der Waals surface area contributed by atoms with Gasteiger partial charge >= 0.3 is 0 Å². The minimum absolute atomic E-state index is 0.487. The maximum absolute atomic E-state index is 9.13. The van der Waals surface area contributed by atoms with Crippen LogP contribution in [0.5, 0.6) is 0 Å². The molecular weight excluding hydrogens is 222 g/mol. The predicted molar refractivity (Wildman–Crippen MR) is 73.6 cm³/mol. The first kappa shape index (κ1) is 11.1. The van der Waals surface area contributed by atoms with Gasteiger partial charge in [0.05, 0.1) is 11.6 Å². The Hall–Kier alpha value is -2.05. The van der Waals surface area contributed by atoms with Crippen LogP contribution in [0.15, 0.2) is 36.4 Å². The maximum atomic E-state index is 9.13. The van der Waals surface area contributed by atoms with Crippen LogP contribution in [-0.2, 0) is 0 Å². The molecule has 2 aromatic rings. The zero-order valence-corrected chi connectivity index (χ0v) is 10.1. The van der Waals surface area contributed by atoms with Crippen molar-refractivity contribution in [2.24, 2.45) is 0 Å². The highest BCUT2D eigenvalue weighted by atomic mass is 15.0. The van der Waals surface area contributed by atoms with Gasteiger partial charge in [0.1, 0.15) is 0 Å². The van der Waals surface area contributed by atoms with Crippen molar-refractivity contribution in [3.63, 3.8) is 0 Å². The Morgan fingerprint density at radius 2 is 2.00 bits per heavy atom. The first-order chi connectivity index (χ1) is 8.88. The largest absolute Gasteiger partial charge is 0.380 e. The van der Waals surface area contributed by atoms with Gasteiger partial charge in [0.2, 0.25) is 0 Å². The van der Waals surface area contributed by atoms with Crippen LogP contribution in [0.2, 0.25) is 0 Å². The third-order valence-corrected chi connectivity index (χ3v) is 3.46. The van der Waals surface area contributed by atoms with Crippen LogP contribution in [-0.4, -0.2) is 19.1 Å². The third-order valence-electron chi connectivity index (χ3n) is 3.46. The molecule has 0 saturated carbocycles. The molecule has 1 fully saturated rings. The average Bonchev–Trinajstić information content (AvgIpc) is 2.92. The Labute approximate surface area is 106 Å². The van der Waals surface area contributed by atoms with E-state index in [2.05, 4.69) is 22.8 Å². The molecule has 90 valence electrons. The number of benzene rings is 2. The summed E-state index contributed by atoms with van der Waals surface area (Å²) in [5.74, 6) is 0. The van der Waals surface area contributed by atoms with Gasteiger partial charge in [-0.25, -0.2) is 0 Å². The second-order valence-corrected chi connectivity index (χ2v) is 4.65. The van der Waals surface area contributed by atoms with Crippen LogP contribution in [0.1, 0.15) is 12.0 Å². The van der Waals surface area contributed by atoms with Crippen molar-refractivity contribution in [3.05, 3.63) is 42.0 Å². The lowest BCUT2D eigenvalue weighted by Gasteiger charge is -2.15. The summed E-state index contributed by atoms with van der Waals surface area (Å²) in [6, 6.07) is 14.7. The summed E-state index contributed by atoms with van der Waals surface area (Å²) in [5, 5.41) is 18.2. The van der Waals surface area contributed by atoms with Crippen molar-refractivity contribution < 1.29 is 0 Å². The second kappa shape index (κ2) is 4.67. The summed E-state index contributed by atoms with van der Waals surface area (Å²) < 4.78 is 0. The van der Waals surface area contributed by atoms with Crippen molar-refractivity contribution in [3.8, 4) is 6.07 Å². The van der Waals surface area contributed by atoms with Gasteiger partial charge < -0.3 is 10.6 Å². The predicted octanol–water partition coefficient (Wildman–Crippen LogP) is 2.49. The molecule has 0 bridgehead atoms. The smallest absolute Gasteiger partial charge is 0.0998 e. The average molecular weight is 237 g/mol. The lowest BCUT2D eigenvalue weighted by atomic mass is 10.0. The minimum Gasteiger partial charge on any atom is -0.380 e. The van der Waals surface area contributed by atoms with Gasteiger partial charge in [-0.15, -0.1) is 0 Å². The Morgan fingerprint density at radius 1 is 1.17 bits per heavy atom. The number of nitrogens with zero attached hydrogens (tertiary/aromatic N) is 1. The van der Waals surface area contributed by atoms with Crippen molar-refractivity contribution in [2.45, 2.75) is 12.5 Å². The van der Waals surface area contributed by atoms with Gasteiger partial charge in [-0.1, -0.05) is 24.3 Å². The summed E-state index contributed by atoms with van der Waals surface area (Å²) in [6.45, 7) is 2.08. The van der Waals surface area contributed by atoms with Crippen LogP contribution < -0.4 is 10.6 Å². The quantitative estimate of drug-likeness (QED) is 0.843. The molecule has 0 spiro atoms. The zero-order chi connectivity index (χ0) is 12.4. The van der Waals surface area contributed by atoms with E-state index in [0.717, 1.165) is 41.5 Å². The van der Waals surface area contributed by atoms with Gasteiger partial charge in [0, 0.05) is 29.0 Å². The molecule has 0 amide bonds. The minimum atomic E-state index is 0.487. The topological polar surface area (TPSA) is 47.9 Å². The van der Waals surface area contributed by atoms with E-state index in [-0.39, 0.29) is 0 Å². The molecule has 3 nitrogen and oxygen atoms in total. The van der Waals surface area contributed by atoms with Crippen molar-refractivity contribution in [1.29, 1.82) is 5.26 Å². The van der Waals surface area contributed by atoms with Crippen LogP contribution in [0, 0.1) is 11.3 Å². The second-order valence-electron chi connectivity index (χ2n) is 4.65. The lowest BCUT2D eigenvalue weighted by molar-refractivity contribution is 0.794. The van der Waals surface area contributed by atoms with Gasteiger partial charge in [0.25, 0.3) is 0 Å². The molecule has 1 atom stereocenters. The van der Waals surface area contributed by atoms with E-state index in [0.29, 0.717) is 6.04 Å². The van der Waals surface area contributed by atoms with Crippen molar-refractivity contribution in [1.82, 2.24) is 5.32 Å². The fraction of sp³-hybridized carbons (Fsp3) is 0.267. The van der Waals surface area contributed by atoms with E-state index < -0.39 is 0 Å². The monoisotopic (exact) mass is 237 g/mol. The van der Waals surface area contributed by atoms with Gasteiger partial charge in [-0.05, 0) is 25.1 Å². The highest BCUT2D eigenvalue weighted by molar-refractivity contribution is 5.97. The van der Waals surface area contributed by atoms with E-state index in [9.17, 15) is 0 Å². The number of nitriles is 1. The number of anilines is 1. The molecule has 18 heavy (non-hydrogen) atoms. The first-order valence-corrected chi connectivity index (χ1v) is 6.27. The summed E-state index contributed by atoms with van der Waals surface area (Å²) in [6.07, 6.45) is 1.15. The standard InChI is InChI=1S/C15H15N3/c16-9-11-5-6-15(18-12-7-8-17-10-12)14-4-2-1-3-13(11)14/h1-6,12,17-18H,7-8,10H2. The molecule has 1 aliphatic rings. The number of hydrogen-bond donors (Lipinski definition) is 2. The molecule has 0 aliphatic carbocycles. The van der Waals surface area contributed by atoms with E-state index in [4.69, 9.17) is 5.26 Å². The number of fused-ring (bicyclic) bond motifs is 1. The first-order valence-electron chi connectivity index (χ1n) is 6.27. The number of nitrogens with one attached hydrogen (secondary N) is 2. The third kappa shape index (κ3) is 1.92. The molecule has 3 heteroatoms. The zero-order valence-electron chi connectivity index (χ0n) is 10.1. The molecule has 1 heterocycles. The number of rotatable bonds is 2. The van der Waals surface area contributed by atoms with Crippen LogP contribution >= 0.6 is 0 Å². The van der Waals surface area contributed by atoms with Crippen LogP contribution in [0.25, 0.3) is 10.8 Å². The van der Waals surface area contributed by atoms with Crippen LogP contribution in [0.3, 0.4) is 0 Å². The van der Waals surface area contributed by atoms with E-state index >= 15 is 0 Å². The molecule has 2 N–H and O–H groups in total. The molecular formula is C15H15N3. The van der Waals surface area contributed by atoms with Crippen molar-refractivity contribution >= 4 is 16.5 Å². The molecule has 2 aromatic carbocycles. The molecule has 1 aliphatic heterocycles.